The van der Waals surface area contributed by atoms with E-state index in [1.54, 1.807) is 12.3 Å². The van der Waals surface area contributed by atoms with E-state index in [1.165, 1.54) is 0 Å². The van der Waals surface area contributed by atoms with Crippen molar-refractivity contribution < 1.29 is 4.79 Å². The number of amides is 1. The highest BCUT2D eigenvalue weighted by Gasteiger charge is 2.19. The first-order valence-corrected chi connectivity index (χ1v) is 6.82. The van der Waals surface area contributed by atoms with Crippen LogP contribution in [-0.2, 0) is 0 Å². The van der Waals surface area contributed by atoms with Crippen LogP contribution >= 0.6 is 0 Å². The zero-order valence-electron chi connectivity index (χ0n) is 12.6. The number of pyridine rings is 1. The van der Waals surface area contributed by atoms with E-state index in [0.29, 0.717) is 18.2 Å². The molecule has 0 spiro atoms. The third-order valence-electron chi connectivity index (χ3n) is 3.42. The first-order chi connectivity index (χ1) is 8.84. The molecule has 0 saturated heterocycles. The van der Waals surface area contributed by atoms with Crippen molar-refractivity contribution in [1.82, 2.24) is 10.3 Å². The average Bonchev–Trinajstić information content (AvgIpc) is 2.35. The molecule has 106 valence electrons. The number of nitrogens with zero attached hydrogens (tertiary/aromatic N) is 1. The molecule has 0 aromatic carbocycles. The van der Waals surface area contributed by atoms with Crippen LogP contribution in [0, 0.1) is 11.3 Å². The number of anilines is 1. The third-order valence-corrected chi connectivity index (χ3v) is 3.42. The minimum Gasteiger partial charge on any atom is -0.385 e. The van der Waals surface area contributed by atoms with Gasteiger partial charge in [0.25, 0.3) is 5.91 Å². The summed E-state index contributed by atoms with van der Waals surface area (Å²) in [5.74, 6) is 0.406. The van der Waals surface area contributed by atoms with Gasteiger partial charge in [0.2, 0.25) is 0 Å². The smallest absolute Gasteiger partial charge is 0.269 e. The number of carbonyl (C=O) groups is 1. The Kier molecular flexibility index (Phi) is 5.33. The number of rotatable bonds is 5. The Hall–Kier alpha value is -1.58. The summed E-state index contributed by atoms with van der Waals surface area (Å²) in [5, 5.41) is 6.12. The fourth-order valence-corrected chi connectivity index (χ4v) is 1.49. The van der Waals surface area contributed by atoms with Crippen LogP contribution in [0.4, 0.5) is 5.69 Å². The second-order valence-corrected chi connectivity index (χ2v) is 5.94. The summed E-state index contributed by atoms with van der Waals surface area (Å²) in [5.41, 5.74) is 1.66. The lowest BCUT2D eigenvalue weighted by Crippen LogP contribution is -2.25. The highest BCUT2D eigenvalue weighted by Crippen LogP contribution is 2.25. The molecule has 1 aromatic rings. The summed E-state index contributed by atoms with van der Waals surface area (Å²) in [6.45, 7) is 12.3. The van der Waals surface area contributed by atoms with Gasteiger partial charge in [-0.3, -0.25) is 9.78 Å². The molecule has 4 heteroatoms. The van der Waals surface area contributed by atoms with Gasteiger partial charge in [0.05, 0.1) is 0 Å². The molecule has 0 fully saturated rings. The van der Waals surface area contributed by atoms with Crippen LogP contribution in [0.3, 0.4) is 0 Å². The predicted molar refractivity (Wildman–Crippen MR) is 79.4 cm³/mol. The molecule has 1 aromatic heterocycles. The molecule has 0 radical (unpaired) electrons. The molecule has 19 heavy (non-hydrogen) atoms. The molecule has 1 unspecified atom stereocenters. The van der Waals surface area contributed by atoms with Crippen molar-refractivity contribution in [3.63, 3.8) is 0 Å². The van der Waals surface area contributed by atoms with Gasteiger partial charge in [-0.15, -0.1) is 0 Å². The first kappa shape index (κ1) is 15.5. The molecule has 0 aliphatic heterocycles. The number of nitrogens with one attached hydrogen (secondary N) is 2. The standard InChI is InChI=1S/C15H25N3O/c1-6-16-14(19)13-9-12(7-8-17-13)18-10-11(2)15(3,4)5/h7-9,11H,6,10H2,1-5H3,(H,16,19)(H,17,18). The Morgan fingerprint density at radius 2 is 2.11 bits per heavy atom. The Morgan fingerprint density at radius 1 is 1.42 bits per heavy atom. The summed E-state index contributed by atoms with van der Waals surface area (Å²) in [7, 11) is 0. The molecule has 1 rings (SSSR count). The van der Waals surface area contributed by atoms with Crippen LogP contribution in [0.25, 0.3) is 0 Å². The summed E-state index contributed by atoms with van der Waals surface area (Å²) in [6, 6.07) is 3.68. The molecule has 1 amide bonds. The molecule has 2 N–H and O–H groups in total. The first-order valence-electron chi connectivity index (χ1n) is 6.82. The van der Waals surface area contributed by atoms with Crippen molar-refractivity contribution in [2.45, 2.75) is 34.6 Å². The normalized spacial score (nSPS) is 12.9. The topological polar surface area (TPSA) is 54.0 Å². The van der Waals surface area contributed by atoms with E-state index in [-0.39, 0.29) is 11.3 Å². The van der Waals surface area contributed by atoms with Gasteiger partial charge in [0, 0.05) is 25.0 Å². The Labute approximate surface area is 116 Å². The van der Waals surface area contributed by atoms with Crippen LogP contribution in [0.15, 0.2) is 18.3 Å². The minimum absolute atomic E-state index is 0.130. The lowest BCUT2D eigenvalue weighted by molar-refractivity contribution is 0.0951. The Balaban J connectivity index is 2.65. The molecule has 0 bridgehead atoms. The van der Waals surface area contributed by atoms with E-state index in [4.69, 9.17) is 0 Å². The maximum atomic E-state index is 11.7. The maximum Gasteiger partial charge on any atom is 0.269 e. The van der Waals surface area contributed by atoms with Gasteiger partial charge in [-0.2, -0.15) is 0 Å². The lowest BCUT2D eigenvalue weighted by atomic mass is 9.82. The van der Waals surface area contributed by atoms with Gasteiger partial charge in [-0.25, -0.2) is 0 Å². The fraction of sp³-hybridized carbons (Fsp3) is 0.600. The summed E-state index contributed by atoms with van der Waals surface area (Å²) < 4.78 is 0. The lowest BCUT2D eigenvalue weighted by Gasteiger charge is -2.27. The van der Waals surface area contributed by atoms with Gasteiger partial charge in [0.1, 0.15) is 5.69 Å². The summed E-state index contributed by atoms with van der Waals surface area (Å²) >= 11 is 0. The van der Waals surface area contributed by atoms with E-state index in [9.17, 15) is 4.79 Å². The van der Waals surface area contributed by atoms with Crippen LogP contribution in [0.2, 0.25) is 0 Å². The van der Waals surface area contributed by atoms with Crippen molar-refractivity contribution >= 4 is 11.6 Å². The predicted octanol–water partition coefficient (Wildman–Crippen LogP) is 2.93. The zero-order chi connectivity index (χ0) is 14.5. The fourth-order valence-electron chi connectivity index (χ4n) is 1.49. The van der Waals surface area contributed by atoms with Crippen molar-refractivity contribution in [2.24, 2.45) is 11.3 Å². The van der Waals surface area contributed by atoms with Gasteiger partial charge in [-0.05, 0) is 30.4 Å². The van der Waals surface area contributed by atoms with Crippen LogP contribution in [0.5, 0.6) is 0 Å². The van der Waals surface area contributed by atoms with Crippen molar-refractivity contribution in [1.29, 1.82) is 0 Å². The van der Waals surface area contributed by atoms with Gasteiger partial charge < -0.3 is 10.6 Å². The van der Waals surface area contributed by atoms with Gasteiger partial charge in [-0.1, -0.05) is 27.7 Å². The van der Waals surface area contributed by atoms with E-state index in [2.05, 4.69) is 43.3 Å². The minimum atomic E-state index is -0.130. The van der Waals surface area contributed by atoms with Gasteiger partial charge >= 0.3 is 0 Å². The molecule has 0 aliphatic carbocycles. The molecule has 1 atom stereocenters. The summed E-state index contributed by atoms with van der Waals surface area (Å²) in [4.78, 5) is 15.8. The van der Waals surface area contributed by atoms with E-state index < -0.39 is 0 Å². The second kappa shape index (κ2) is 6.55. The van der Waals surface area contributed by atoms with Crippen LogP contribution in [-0.4, -0.2) is 24.0 Å². The van der Waals surface area contributed by atoms with Crippen molar-refractivity contribution in [3.8, 4) is 0 Å². The SMILES string of the molecule is CCNC(=O)c1cc(NCC(C)C(C)(C)C)ccn1. The van der Waals surface area contributed by atoms with E-state index in [0.717, 1.165) is 12.2 Å². The van der Waals surface area contributed by atoms with E-state index >= 15 is 0 Å². The maximum absolute atomic E-state index is 11.7. The Bertz CT molecular complexity index is 424. The quantitative estimate of drug-likeness (QED) is 0.858. The monoisotopic (exact) mass is 263 g/mol. The van der Waals surface area contributed by atoms with Crippen molar-refractivity contribution in [3.05, 3.63) is 24.0 Å². The van der Waals surface area contributed by atoms with Gasteiger partial charge in [0.15, 0.2) is 0 Å². The molecular weight excluding hydrogens is 238 g/mol. The summed E-state index contributed by atoms with van der Waals surface area (Å²) in [6.07, 6.45) is 1.66. The molecular formula is C15H25N3O. The Morgan fingerprint density at radius 3 is 2.68 bits per heavy atom. The highest BCUT2D eigenvalue weighted by molar-refractivity contribution is 5.93. The third kappa shape index (κ3) is 4.89. The molecule has 0 saturated carbocycles. The molecule has 4 nitrogen and oxygen atoms in total. The number of hydrogen-bond donors (Lipinski definition) is 2. The molecule has 0 aliphatic rings. The number of aromatic nitrogens is 1. The largest absolute Gasteiger partial charge is 0.385 e. The van der Waals surface area contributed by atoms with Crippen LogP contribution in [0.1, 0.15) is 45.1 Å². The second-order valence-electron chi connectivity index (χ2n) is 5.94. The zero-order valence-corrected chi connectivity index (χ0v) is 12.6. The van der Waals surface area contributed by atoms with E-state index in [1.807, 2.05) is 13.0 Å². The average molecular weight is 263 g/mol. The van der Waals surface area contributed by atoms with Crippen LogP contribution < -0.4 is 10.6 Å². The molecule has 1 heterocycles. The number of hydrogen-bond acceptors (Lipinski definition) is 3. The number of carbonyl (C=O) groups excluding carboxylic acids is 1. The highest BCUT2D eigenvalue weighted by atomic mass is 16.1. The van der Waals surface area contributed by atoms with Crippen molar-refractivity contribution in [2.75, 3.05) is 18.4 Å².